The highest BCUT2D eigenvalue weighted by Gasteiger charge is 2.18. The SMILES string of the molecule is CCOC(=S)S/C(C(=S)OCC)=C(\O)c1ccccc1. The van der Waals surface area contributed by atoms with Crippen LogP contribution in [0.4, 0.5) is 0 Å². The number of aliphatic hydroxyl groups is 1. The molecule has 108 valence electrons. The summed E-state index contributed by atoms with van der Waals surface area (Å²) >= 11 is 11.4. The van der Waals surface area contributed by atoms with E-state index < -0.39 is 0 Å². The Morgan fingerprint density at radius 2 is 1.70 bits per heavy atom. The Morgan fingerprint density at radius 1 is 1.10 bits per heavy atom. The van der Waals surface area contributed by atoms with Crippen LogP contribution in [0, 0.1) is 0 Å². The first-order valence-corrected chi connectivity index (χ1v) is 7.73. The topological polar surface area (TPSA) is 38.7 Å². The van der Waals surface area contributed by atoms with Crippen molar-refractivity contribution in [3.8, 4) is 0 Å². The van der Waals surface area contributed by atoms with Gasteiger partial charge in [0.15, 0.2) is 0 Å². The maximum atomic E-state index is 10.4. The van der Waals surface area contributed by atoms with Crippen LogP contribution in [-0.2, 0) is 9.47 Å². The highest BCUT2D eigenvalue weighted by molar-refractivity contribution is 8.26. The third-order valence-corrected chi connectivity index (χ3v) is 3.86. The molecule has 0 saturated carbocycles. The number of thiocarbonyl (C=S) groups is 2. The fraction of sp³-hybridized carbons (Fsp3) is 0.286. The maximum Gasteiger partial charge on any atom is 0.225 e. The van der Waals surface area contributed by atoms with Gasteiger partial charge in [0.2, 0.25) is 9.43 Å². The van der Waals surface area contributed by atoms with Crippen LogP contribution in [0.5, 0.6) is 0 Å². The molecular weight excluding hydrogens is 312 g/mol. The van der Waals surface area contributed by atoms with Crippen molar-refractivity contribution in [1.29, 1.82) is 0 Å². The van der Waals surface area contributed by atoms with Gasteiger partial charge in [0.25, 0.3) is 0 Å². The Kier molecular flexibility index (Phi) is 7.58. The minimum Gasteiger partial charge on any atom is -0.506 e. The molecule has 3 nitrogen and oxygen atoms in total. The molecule has 0 spiro atoms. The van der Waals surface area contributed by atoms with Crippen LogP contribution >= 0.6 is 36.2 Å². The third-order valence-electron chi connectivity index (χ3n) is 2.17. The van der Waals surface area contributed by atoms with Crippen molar-refractivity contribution >= 4 is 51.4 Å². The van der Waals surface area contributed by atoms with Gasteiger partial charge in [-0.3, -0.25) is 0 Å². The summed E-state index contributed by atoms with van der Waals surface area (Å²) in [6.45, 7) is 4.56. The van der Waals surface area contributed by atoms with Crippen molar-refractivity contribution in [1.82, 2.24) is 0 Å². The highest BCUT2D eigenvalue weighted by atomic mass is 32.2. The van der Waals surface area contributed by atoms with E-state index in [9.17, 15) is 5.11 Å². The van der Waals surface area contributed by atoms with Crippen LogP contribution in [0.25, 0.3) is 5.76 Å². The zero-order chi connectivity index (χ0) is 15.0. The Labute approximate surface area is 134 Å². The molecule has 0 aliphatic carbocycles. The summed E-state index contributed by atoms with van der Waals surface area (Å²) in [4.78, 5) is 0.395. The molecule has 0 aliphatic heterocycles. The van der Waals surface area contributed by atoms with Crippen LogP contribution < -0.4 is 0 Å². The molecule has 0 bridgehead atoms. The van der Waals surface area contributed by atoms with Crippen molar-refractivity contribution in [2.24, 2.45) is 0 Å². The molecule has 20 heavy (non-hydrogen) atoms. The number of benzene rings is 1. The molecule has 1 aromatic rings. The summed E-state index contributed by atoms with van der Waals surface area (Å²) in [5, 5.41) is 10.6. The molecule has 0 aromatic heterocycles. The van der Waals surface area contributed by atoms with Crippen LogP contribution in [0.3, 0.4) is 0 Å². The molecule has 1 rings (SSSR count). The van der Waals surface area contributed by atoms with Gasteiger partial charge in [0, 0.05) is 5.56 Å². The van der Waals surface area contributed by atoms with Gasteiger partial charge in [-0.1, -0.05) is 30.3 Å². The molecule has 6 heteroatoms. The molecule has 0 amide bonds. The van der Waals surface area contributed by atoms with Gasteiger partial charge in [-0.2, -0.15) is 0 Å². The van der Waals surface area contributed by atoms with Gasteiger partial charge in [0.05, 0.1) is 13.2 Å². The lowest BCUT2D eigenvalue weighted by molar-refractivity contribution is 0.337. The maximum absolute atomic E-state index is 10.4. The van der Waals surface area contributed by atoms with Crippen molar-refractivity contribution in [2.45, 2.75) is 13.8 Å². The van der Waals surface area contributed by atoms with Crippen molar-refractivity contribution in [3.05, 3.63) is 40.8 Å². The van der Waals surface area contributed by atoms with Crippen LogP contribution in [0.2, 0.25) is 0 Å². The lowest BCUT2D eigenvalue weighted by Crippen LogP contribution is -2.08. The fourth-order valence-electron chi connectivity index (χ4n) is 1.34. The zero-order valence-corrected chi connectivity index (χ0v) is 13.7. The van der Waals surface area contributed by atoms with Crippen LogP contribution in [-0.4, -0.2) is 27.8 Å². The van der Waals surface area contributed by atoms with E-state index in [-0.39, 0.29) is 10.8 Å². The van der Waals surface area contributed by atoms with Crippen molar-refractivity contribution in [3.63, 3.8) is 0 Å². The summed E-state index contributed by atoms with van der Waals surface area (Å²) in [7, 11) is 0. The molecule has 1 aromatic carbocycles. The molecule has 0 unspecified atom stereocenters. The zero-order valence-electron chi connectivity index (χ0n) is 11.3. The predicted octanol–water partition coefficient (Wildman–Crippen LogP) is 4.33. The second kappa shape index (κ2) is 8.94. The van der Waals surface area contributed by atoms with Crippen molar-refractivity contribution in [2.75, 3.05) is 13.2 Å². The predicted molar refractivity (Wildman–Crippen MR) is 92.0 cm³/mol. The van der Waals surface area contributed by atoms with E-state index in [0.29, 0.717) is 28.1 Å². The minimum atomic E-state index is 0.0381. The van der Waals surface area contributed by atoms with Crippen LogP contribution in [0.15, 0.2) is 35.2 Å². The van der Waals surface area contributed by atoms with E-state index in [1.54, 1.807) is 12.1 Å². The van der Waals surface area contributed by atoms with E-state index >= 15 is 0 Å². The second-order valence-electron chi connectivity index (χ2n) is 3.55. The Balaban J connectivity index is 3.08. The molecule has 0 aliphatic rings. The van der Waals surface area contributed by atoms with Gasteiger partial charge < -0.3 is 14.6 Å². The summed E-state index contributed by atoms with van der Waals surface area (Å²) in [5.74, 6) is 0.0381. The minimum absolute atomic E-state index is 0.0381. The van der Waals surface area contributed by atoms with Gasteiger partial charge in [-0.25, -0.2) is 0 Å². The Hall–Kier alpha value is -1.11. The van der Waals surface area contributed by atoms with E-state index in [1.807, 2.05) is 32.0 Å². The third kappa shape index (κ3) is 5.11. The second-order valence-corrected chi connectivity index (χ2v) is 5.53. The average Bonchev–Trinajstić information content (AvgIpc) is 2.45. The molecule has 0 saturated heterocycles. The molecule has 0 heterocycles. The van der Waals surface area contributed by atoms with E-state index in [4.69, 9.17) is 33.9 Å². The molecule has 0 atom stereocenters. The molecule has 0 radical (unpaired) electrons. The van der Waals surface area contributed by atoms with Gasteiger partial charge in [-0.05, 0) is 50.0 Å². The largest absolute Gasteiger partial charge is 0.506 e. The summed E-state index contributed by atoms with van der Waals surface area (Å²) in [5.41, 5.74) is 0.649. The normalized spacial score (nSPS) is 11.5. The van der Waals surface area contributed by atoms with Crippen molar-refractivity contribution < 1.29 is 14.6 Å². The van der Waals surface area contributed by atoms with Gasteiger partial charge in [-0.15, -0.1) is 0 Å². The highest BCUT2D eigenvalue weighted by Crippen LogP contribution is 2.28. The average molecular weight is 328 g/mol. The van der Waals surface area contributed by atoms with E-state index in [1.165, 1.54) is 0 Å². The summed E-state index contributed by atoms with van der Waals surface area (Å²) in [6, 6.07) is 9.11. The number of aliphatic hydroxyl groups excluding tert-OH is 1. The molecule has 1 N–H and O–H groups in total. The fourth-order valence-corrected chi connectivity index (χ4v) is 2.75. The quantitative estimate of drug-likeness (QED) is 0.493. The first-order valence-electron chi connectivity index (χ1n) is 6.10. The smallest absolute Gasteiger partial charge is 0.225 e. The number of rotatable bonds is 5. The summed E-state index contributed by atoms with van der Waals surface area (Å²) < 4.78 is 10.8. The monoisotopic (exact) mass is 328 g/mol. The summed E-state index contributed by atoms with van der Waals surface area (Å²) in [6.07, 6.45) is 0. The number of ether oxygens (including phenoxy) is 2. The molecule has 0 fully saturated rings. The first-order chi connectivity index (χ1) is 9.60. The van der Waals surface area contributed by atoms with Gasteiger partial charge in [0.1, 0.15) is 10.7 Å². The van der Waals surface area contributed by atoms with E-state index in [0.717, 1.165) is 11.8 Å². The number of hydrogen-bond donors (Lipinski definition) is 1. The van der Waals surface area contributed by atoms with E-state index in [2.05, 4.69) is 0 Å². The lowest BCUT2D eigenvalue weighted by Gasteiger charge is -2.12. The van der Waals surface area contributed by atoms with Gasteiger partial charge >= 0.3 is 0 Å². The Morgan fingerprint density at radius 3 is 2.25 bits per heavy atom. The first kappa shape index (κ1) is 16.9. The lowest BCUT2D eigenvalue weighted by atomic mass is 10.2. The number of hydrogen-bond acceptors (Lipinski definition) is 6. The number of thioether (sulfide) groups is 1. The molecular formula is C14H16O3S3. The standard InChI is InChI=1S/C14H16O3S3/c1-3-16-13(18)12(20-14(19)17-4-2)11(15)10-8-6-5-7-9-10/h5-9,15H,3-4H2,1-2H3/b12-11-. The van der Waals surface area contributed by atoms with Crippen LogP contribution in [0.1, 0.15) is 19.4 Å². The Bertz CT molecular complexity index is 498.